The average Bonchev–Trinajstić information content (AvgIpc) is 3.10. The number of anilines is 1. The minimum atomic E-state index is -0.193. The standard InChI is InChI=1S/C17H17N3O2/c1-22-15-5-3-2-4-14(15)17(21)20-13-8-6-12(7-9-13)16-18-10-11-19-16/h2-9H,10-11H2,1H3,(H,18,19)(H,20,21). The van der Waals surface area contributed by atoms with Gasteiger partial charge in [-0.15, -0.1) is 0 Å². The number of benzene rings is 2. The molecule has 0 saturated carbocycles. The van der Waals surface area contributed by atoms with E-state index in [0.717, 1.165) is 30.2 Å². The van der Waals surface area contributed by atoms with E-state index in [4.69, 9.17) is 4.74 Å². The molecule has 2 aromatic carbocycles. The Kier molecular flexibility index (Phi) is 4.05. The number of hydrogen-bond donors (Lipinski definition) is 2. The number of carbonyl (C=O) groups excluding carboxylic acids is 1. The summed E-state index contributed by atoms with van der Waals surface area (Å²) in [7, 11) is 1.55. The van der Waals surface area contributed by atoms with Crippen LogP contribution in [0.1, 0.15) is 15.9 Å². The van der Waals surface area contributed by atoms with Crippen LogP contribution in [0.5, 0.6) is 5.75 Å². The highest BCUT2D eigenvalue weighted by molar-refractivity contribution is 6.06. The second kappa shape index (κ2) is 6.30. The van der Waals surface area contributed by atoms with E-state index in [1.54, 1.807) is 19.2 Å². The molecular weight excluding hydrogens is 278 g/mol. The van der Waals surface area contributed by atoms with Crippen molar-refractivity contribution in [3.63, 3.8) is 0 Å². The van der Waals surface area contributed by atoms with Crippen molar-refractivity contribution in [1.82, 2.24) is 5.32 Å². The Bertz CT molecular complexity index is 708. The van der Waals surface area contributed by atoms with Crippen molar-refractivity contribution >= 4 is 17.4 Å². The molecule has 1 aliphatic rings. The predicted octanol–water partition coefficient (Wildman–Crippen LogP) is 2.30. The van der Waals surface area contributed by atoms with Gasteiger partial charge in [-0.25, -0.2) is 0 Å². The van der Waals surface area contributed by atoms with Crippen molar-refractivity contribution < 1.29 is 9.53 Å². The predicted molar refractivity (Wildman–Crippen MR) is 86.8 cm³/mol. The summed E-state index contributed by atoms with van der Waals surface area (Å²) in [5.74, 6) is 1.27. The highest BCUT2D eigenvalue weighted by atomic mass is 16.5. The van der Waals surface area contributed by atoms with E-state index < -0.39 is 0 Å². The molecule has 2 N–H and O–H groups in total. The number of carbonyl (C=O) groups is 1. The van der Waals surface area contributed by atoms with E-state index in [1.165, 1.54) is 0 Å². The van der Waals surface area contributed by atoms with Gasteiger partial charge in [0.2, 0.25) is 0 Å². The molecule has 1 aliphatic heterocycles. The summed E-state index contributed by atoms with van der Waals surface area (Å²) >= 11 is 0. The largest absolute Gasteiger partial charge is 0.496 e. The third-order valence-electron chi connectivity index (χ3n) is 3.44. The Morgan fingerprint density at radius 3 is 2.64 bits per heavy atom. The van der Waals surface area contributed by atoms with Gasteiger partial charge in [-0.1, -0.05) is 12.1 Å². The number of ether oxygens (including phenoxy) is 1. The summed E-state index contributed by atoms with van der Waals surface area (Å²) in [6.45, 7) is 1.68. The van der Waals surface area contributed by atoms with Crippen molar-refractivity contribution in [3.05, 3.63) is 59.7 Å². The fourth-order valence-electron chi connectivity index (χ4n) is 2.33. The minimum absolute atomic E-state index is 0.193. The lowest BCUT2D eigenvalue weighted by atomic mass is 10.1. The van der Waals surface area contributed by atoms with E-state index in [0.29, 0.717) is 11.3 Å². The zero-order valence-corrected chi connectivity index (χ0v) is 12.3. The minimum Gasteiger partial charge on any atom is -0.496 e. The Labute approximate surface area is 129 Å². The zero-order valence-electron chi connectivity index (χ0n) is 12.3. The Balaban J connectivity index is 1.74. The number of methoxy groups -OCH3 is 1. The van der Waals surface area contributed by atoms with Gasteiger partial charge in [0.25, 0.3) is 5.91 Å². The van der Waals surface area contributed by atoms with E-state index in [2.05, 4.69) is 15.6 Å². The maximum absolute atomic E-state index is 12.3. The van der Waals surface area contributed by atoms with Crippen LogP contribution in [0, 0.1) is 0 Å². The molecule has 1 heterocycles. The van der Waals surface area contributed by atoms with Gasteiger partial charge in [-0.2, -0.15) is 0 Å². The van der Waals surface area contributed by atoms with Gasteiger partial charge in [0.1, 0.15) is 11.6 Å². The van der Waals surface area contributed by atoms with Gasteiger partial charge in [-0.05, 0) is 36.4 Å². The van der Waals surface area contributed by atoms with Crippen molar-refractivity contribution in [2.75, 3.05) is 25.5 Å². The summed E-state index contributed by atoms with van der Waals surface area (Å²) < 4.78 is 5.21. The van der Waals surface area contributed by atoms with Crippen LogP contribution < -0.4 is 15.4 Å². The third kappa shape index (κ3) is 2.93. The maximum Gasteiger partial charge on any atom is 0.259 e. The van der Waals surface area contributed by atoms with Crippen LogP contribution in [0.25, 0.3) is 0 Å². The van der Waals surface area contributed by atoms with Crippen LogP contribution in [-0.4, -0.2) is 31.9 Å². The van der Waals surface area contributed by atoms with Gasteiger partial charge >= 0.3 is 0 Å². The fraction of sp³-hybridized carbons (Fsp3) is 0.176. The molecule has 0 saturated heterocycles. The van der Waals surface area contributed by atoms with Crippen molar-refractivity contribution in [2.24, 2.45) is 4.99 Å². The van der Waals surface area contributed by atoms with Crippen LogP contribution in [0.3, 0.4) is 0 Å². The Morgan fingerprint density at radius 1 is 1.18 bits per heavy atom. The summed E-state index contributed by atoms with van der Waals surface area (Å²) in [6.07, 6.45) is 0. The fourth-order valence-corrected chi connectivity index (χ4v) is 2.33. The quantitative estimate of drug-likeness (QED) is 0.909. The molecule has 1 amide bonds. The molecule has 5 heteroatoms. The van der Waals surface area contributed by atoms with E-state index in [9.17, 15) is 4.79 Å². The molecule has 0 spiro atoms. The molecule has 112 valence electrons. The first-order chi connectivity index (χ1) is 10.8. The summed E-state index contributed by atoms with van der Waals surface area (Å²) in [6, 6.07) is 14.8. The smallest absolute Gasteiger partial charge is 0.259 e. The van der Waals surface area contributed by atoms with Crippen LogP contribution >= 0.6 is 0 Å². The van der Waals surface area contributed by atoms with Gasteiger partial charge in [0.05, 0.1) is 19.2 Å². The number of aliphatic imine (C=N–C) groups is 1. The van der Waals surface area contributed by atoms with E-state index in [1.807, 2.05) is 36.4 Å². The SMILES string of the molecule is COc1ccccc1C(=O)Nc1ccc(C2=NCCN2)cc1. The van der Waals surface area contributed by atoms with Gasteiger partial charge in [-0.3, -0.25) is 9.79 Å². The average molecular weight is 295 g/mol. The maximum atomic E-state index is 12.3. The first-order valence-corrected chi connectivity index (χ1v) is 7.11. The molecule has 0 unspecified atom stereocenters. The third-order valence-corrected chi connectivity index (χ3v) is 3.44. The van der Waals surface area contributed by atoms with E-state index >= 15 is 0 Å². The first kappa shape index (κ1) is 14.1. The molecular formula is C17H17N3O2. The van der Waals surface area contributed by atoms with Crippen LogP contribution in [-0.2, 0) is 0 Å². The van der Waals surface area contributed by atoms with Crippen LogP contribution in [0.2, 0.25) is 0 Å². The van der Waals surface area contributed by atoms with E-state index in [-0.39, 0.29) is 5.91 Å². The van der Waals surface area contributed by atoms with Crippen molar-refractivity contribution in [3.8, 4) is 5.75 Å². The lowest BCUT2D eigenvalue weighted by Crippen LogP contribution is -2.19. The molecule has 0 aromatic heterocycles. The summed E-state index contributed by atoms with van der Waals surface area (Å²) in [5, 5.41) is 6.09. The molecule has 0 atom stereocenters. The zero-order chi connectivity index (χ0) is 15.4. The van der Waals surface area contributed by atoms with Gasteiger partial charge < -0.3 is 15.4 Å². The van der Waals surface area contributed by atoms with Crippen LogP contribution in [0.15, 0.2) is 53.5 Å². The highest BCUT2D eigenvalue weighted by Crippen LogP contribution is 2.19. The molecule has 3 rings (SSSR count). The lowest BCUT2D eigenvalue weighted by molar-refractivity contribution is 0.102. The van der Waals surface area contributed by atoms with Crippen LogP contribution in [0.4, 0.5) is 5.69 Å². The second-order valence-corrected chi connectivity index (χ2v) is 4.89. The Morgan fingerprint density at radius 2 is 1.95 bits per heavy atom. The lowest BCUT2D eigenvalue weighted by Gasteiger charge is -2.09. The molecule has 0 bridgehead atoms. The number of hydrogen-bond acceptors (Lipinski definition) is 4. The summed E-state index contributed by atoms with van der Waals surface area (Å²) in [5.41, 5.74) is 2.27. The van der Waals surface area contributed by atoms with Gasteiger partial charge in [0.15, 0.2) is 0 Å². The monoisotopic (exact) mass is 295 g/mol. The molecule has 0 aliphatic carbocycles. The highest BCUT2D eigenvalue weighted by Gasteiger charge is 2.12. The second-order valence-electron chi connectivity index (χ2n) is 4.89. The number of para-hydroxylation sites is 1. The Hall–Kier alpha value is -2.82. The first-order valence-electron chi connectivity index (χ1n) is 7.11. The molecule has 2 aromatic rings. The molecule has 5 nitrogen and oxygen atoms in total. The normalized spacial score (nSPS) is 13.2. The molecule has 0 radical (unpaired) electrons. The number of amidine groups is 1. The van der Waals surface area contributed by atoms with Gasteiger partial charge in [0, 0.05) is 17.8 Å². The summed E-state index contributed by atoms with van der Waals surface area (Å²) in [4.78, 5) is 16.7. The number of nitrogens with zero attached hydrogens (tertiary/aromatic N) is 1. The number of nitrogens with one attached hydrogen (secondary N) is 2. The van der Waals surface area contributed by atoms with Crippen molar-refractivity contribution in [1.29, 1.82) is 0 Å². The van der Waals surface area contributed by atoms with Crippen molar-refractivity contribution in [2.45, 2.75) is 0 Å². The number of rotatable bonds is 4. The number of amides is 1. The molecule has 22 heavy (non-hydrogen) atoms. The topological polar surface area (TPSA) is 62.7 Å². The molecule has 0 fully saturated rings.